The number of nitrogens with zero attached hydrogens (tertiary/aromatic N) is 1. The Bertz CT molecular complexity index is 651. The van der Waals surface area contributed by atoms with Crippen LogP contribution in [0.2, 0.25) is 0 Å². The van der Waals surface area contributed by atoms with Gasteiger partial charge in [0.2, 0.25) is 5.91 Å². The second kappa shape index (κ2) is 7.83. The maximum atomic E-state index is 13.7. The van der Waals surface area contributed by atoms with Crippen molar-refractivity contribution in [1.82, 2.24) is 4.90 Å². The summed E-state index contributed by atoms with van der Waals surface area (Å²) in [7, 11) is 0. The molecule has 0 saturated heterocycles. The van der Waals surface area contributed by atoms with E-state index in [0.717, 1.165) is 5.56 Å². The fourth-order valence-electron chi connectivity index (χ4n) is 2.23. The number of carbonyl (C=O) groups is 1. The van der Waals surface area contributed by atoms with Gasteiger partial charge in [0.05, 0.1) is 6.54 Å². The van der Waals surface area contributed by atoms with Crippen LogP contribution in [0.5, 0.6) is 0 Å². The number of amides is 1. The Labute approximate surface area is 134 Å². The molecule has 0 aromatic heterocycles. The van der Waals surface area contributed by atoms with Crippen molar-refractivity contribution in [3.05, 3.63) is 65.2 Å². The third-order valence-corrected chi connectivity index (χ3v) is 3.59. The first-order valence-electron chi connectivity index (χ1n) is 7.51. The van der Waals surface area contributed by atoms with Crippen LogP contribution < -0.4 is 5.32 Å². The van der Waals surface area contributed by atoms with Gasteiger partial charge < -0.3 is 5.32 Å². The number of nitrogens with one attached hydrogen (secondary N) is 1. The molecule has 3 nitrogen and oxygen atoms in total. The van der Waals surface area contributed by atoms with E-state index in [1.165, 1.54) is 18.2 Å². The van der Waals surface area contributed by atoms with Gasteiger partial charge in [-0.25, -0.2) is 8.78 Å². The Morgan fingerprint density at radius 1 is 1.09 bits per heavy atom. The topological polar surface area (TPSA) is 32.3 Å². The Balaban J connectivity index is 1.98. The smallest absolute Gasteiger partial charge is 0.238 e. The van der Waals surface area contributed by atoms with Crippen molar-refractivity contribution in [1.29, 1.82) is 0 Å². The number of anilines is 1. The van der Waals surface area contributed by atoms with Gasteiger partial charge in [-0.1, -0.05) is 30.7 Å². The molecule has 0 aliphatic rings. The Morgan fingerprint density at radius 2 is 1.70 bits per heavy atom. The van der Waals surface area contributed by atoms with Crippen molar-refractivity contribution >= 4 is 11.6 Å². The van der Waals surface area contributed by atoms with E-state index in [0.29, 0.717) is 12.2 Å². The average Bonchev–Trinajstić information content (AvgIpc) is 2.52. The van der Waals surface area contributed by atoms with Gasteiger partial charge in [0.1, 0.15) is 11.6 Å². The van der Waals surface area contributed by atoms with Gasteiger partial charge in [-0.3, -0.25) is 9.69 Å². The number of hydrogen-bond acceptors (Lipinski definition) is 2. The van der Waals surface area contributed by atoms with Gasteiger partial charge in [-0.05, 0) is 37.7 Å². The molecule has 2 aromatic rings. The summed E-state index contributed by atoms with van der Waals surface area (Å²) in [5, 5.41) is 2.78. The number of carbonyl (C=O) groups excluding carboxylic acids is 1. The third-order valence-electron chi connectivity index (χ3n) is 3.59. The molecule has 1 amide bonds. The quantitative estimate of drug-likeness (QED) is 0.880. The summed E-state index contributed by atoms with van der Waals surface area (Å²) in [5.41, 5.74) is 1.79. The number of benzene rings is 2. The summed E-state index contributed by atoms with van der Waals surface area (Å²) in [6.45, 7) is 4.44. The number of likely N-dealkylation sites (N-methyl/N-ethyl adjacent to an activating group) is 1. The lowest BCUT2D eigenvalue weighted by atomic mass is 10.2. The predicted molar refractivity (Wildman–Crippen MR) is 87.1 cm³/mol. The lowest BCUT2D eigenvalue weighted by molar-refractivity contribution is -0.117. The molecule has 2 rings (SSSR count). The minimum atomic E-state index is -0.595. The van der Waals surface area contributed by atoms with Crippen LogP contribution in [0.1, 0.15) is 18.1 Å². The highest BCUT2D eigenvalue weighted by Crippen LogP contribution is 2.15. The van der Waals surface area contributed by atoms with Crippen LogP contribution in [-0.2, 0) is 11.3 Å². The van der Waals surface area contributed by atoms with Crippen LogP contribution in [0.15, 0.2) is 42.5 Å². The van der Waals surface area contributed by atoms with E-state index in [9.17, 15) is 13.6 Å². The molecular formula is C18H20F2N2O. The van der Waals surface area contributed by atoms with Crippen LogP contribution in [-0.4, -0.2) is 23.9 Å². The van der Waals surface area contributed by atoms with Gasteiger partial charge in [0.15, 0.2) is 0 Å². The van der Waals surface area contributed by atoms with Crippen molar-refractivity contribution in [3.63, 3.8) is 0 Å². The zero-order chi connectivity index (χ0) is 16.8. The number of halogens is 2. The lowest BCUT2D eigenvalue weighted by Crippen LogP contribution is -2.33. The molecule has 23 heavy (non-hydrogen) atoms. The van der Waals surface area contributed by atoms with E-state index >= 15 is 0 Å². The SMILES string of the molecule is CCN(CC(=O)Nc1ccc(C)cc1)Cc1c(F)cccc1F. The van der Waals surface area contributed by atoms with Gasteiger partial charge in [-0.2, -0.15) is 0 Å². The first-order chi connectivity index (χ1) is 11.0. The summed E-state index contributed by atoms with van der Waals surface area (Å²) >= 11 is 0. The molecule has 122 valence electrons. The number of hydrogen-bond donors (Lipinski definition) is 1. The molecule has 0 aliphatic carbocycles. The fourth-order valence-corrected chi connectivity index (χ4v) is 2.23. The first kappa shape index (κ1) is 17.1. The van der Waals surface area contributed by atoms with E-state index in [1.807, 2.05) is 38.1 Å². The molecule has 0 saturated carbocycles. The molecule has 0 aliphatic heterocycles. The van der Waals surface area contributed by atoms with Crippen LogP contribution >= 0.6 is 0 Å². The van der Waals surface area contributed by atoms with Crippen molar-refractivity contribution in [2.24, 2.45) is 0 Å². The monoisotopic (exact) mass is 318 g/mol. The van der Waals surface area contributed by atoms with Gasteiger partial charge in [0, 0.05) is 17.8 Å². The lowest BCUT2D eigenvalue weighted by Gasteiger charge is -2.20. The highest BCUT2D eigenvalue weighted by atomic mass is 19.1. The zero-order valence-corrected chi connectivity index (χ0v) is 13.3. The molecule has 5 heteroatoms. The van der Waals surface area contributed by atoms with E-state index < -0.39 is 11.6 Å². The number of rotatable bonds is 6. The minimum absolute atomic E-state index is 0.0162. The maximum Gasteiger partial charge on any atom is 0.238 e. The zero-order valence-electron chi connectivity index (χ0n) is 13.3. The van der Waals surface area contributed by atoms with E-state index in [1.54, 1.807) is 4.90 Å². The number of aryl methyl sites for hydroxylation is 1. The van der Waals surface area contributed by atoms with Gasteiger partial charge in [0.25, 0.3) is 0 Å². The Morgan fingerprint density at radius 3 is 2.26 bits per heavy atom. The molecule has 2 aromatic carbocycles. The Kier molecular flexibility index (Phi) is 5.82. The molecular weight excluding hydrogens is 298 g/mol. The van der Waals surface area contributed by atoms with E-state index in [4.69, 9.17) is 0 Å². The molecule has 0 fully saturated rings. The normalized spacial score (nSPS) is 10.8. The second-order valence-corrected chi connectivity index (χ2v) is 5.42. The third kappa shape index (κ3) is 4.86. The van der Waals surface area contributed by atoms with Crippen LogP contribution in [0.4, 0.5) is 14.5 Å². The second-order valence-electron chi connectivity index (χ2n) is 5.42. The molecule has 0 spiro atoms. The Hall–Kier alpha value is -2.27. The van der Waals surface area contributed by atoms with Gasteiger partial charge in [-0.15, -0.1) is 0 Å². The summed E-state index contributed by atoms with van der Waals surface area (Å²) < 4.78 is 27.4. The molecule has 0 radical (unpaired) electrons. The van der Waals surface area contributed by atoms with E-state index in [-0.39, 0.29) is 24.6 Å². The van der Waals surface area contributed by atoms with Crippen molar-refractivity contribution in [2.75, 3.05) is 18.4 Å². The fraction of sp³-hybridized carbons (Fsp3) is 0.278. The largest absolute Gasteiger partial charge is 0.325 e. The maximum absolute atomic E-state index is 13.7. The highest BCUT2D eigenvalue weighted by Gasteiger charge is 2.15. The van der Waals surface area contributed by atoms with Gasteiger partial charge >= 0.3 is 0 Å². The summed E-state index contributed by atoms with van der Waals surface area (Å²) in [6.07, 6.45) is 0. The summed E-state index contributed by atoms with van der Waals surface area (Å²) in [5.74, 6) is -1.41. The first-order valence-corrected chi connectivity index (χ1v) is 7.51. The van der Waals surface area contributed by atoms with Crippen molar-refractivity contribution in [3.8, 4) is 0 Å². The predicted octanol–water partition coefficient (Wildman–Crippen LogP) is 3.73. The average molecular weight is 318 g/mol. The van der Waals surface area contributed by atoms with Crippen molar-refractivity contribution in [2.45, 2.75) is 20.4 Å². The standard InChI is InChI=1S/C18H20F2N2O/c1-3-22(11-15-16(19)5-4-6-17(15)20)12-18(23)21-14-9-7-13(2)8-10-14/h4-10H,3,11-12H2,1-2H3,(H,21,23). The molecule has 0 unspecified atom stereocenters. The summed E-state index contributed by atoms with van der Waals surface area (Å²) in [4.78, 5) is 13.8. The van der Waals surface area contributed by atoms with Crippen LogP contribution in [0.3, 0.4) is 0 Å². The molecule has 1 N–H and O–H groups in total. The van der Waals surface area contributed by atoms with E-state index in [2.05, 4.69) is 5.32 Å². The molecule has 0 bridgehead atoms. The summed E-state index contributed by atoms with van der Waals surface area (Å²) in [6, 6.07) is 11.2. The van der Waals surface area contributed by atoms with Crippen LogP contribution in [0.25, 0.3) is 0 Å². The molecule has 0 heterocycles. The highest BCUT2D eigenvalue weighted by molar-refractivity contribution is 5.92. The molecule has 0 atom stereocenters. The van der Waals surface area contributed by atoms with Crippen LogP contribution in [0, 0.1) is 18.6 Å². The minimum Gasteiger partial charge on any atom is -0.325 e. The van der Waals surface area contributed by atoms with Crippen molar-refractivity contribution < 1.29 is 13.6 Å².